The third-order valence-electron chi connectivity index (χ3n) is 4.88. The fourth-order valence-corrected chi connectivity index (χ4v) is 3.17. The predicted molar refractivity (Wildman–Crippen MR) is 118 cm³/mol. The molecule has 2 aromatic heterocycles. The lowest BCUT2D eigenvalue weighted by Crippen LogP contribution is -2.24. The maximum atomic E-state index is 12.3. The van der Waals surface area contributed by atoms with Gasteiger partial charge in [0, 0.05) is 44.5 Å². The van der Waals surface area contributed by atoms with Gasteiger partial charge in [-0.25, -0.2) is 0 Å². The minimum Gasteiger partial charge on any atom is -0.406 e. The van der Waals surface area contributed by atoms with E-state index in [1.54, 1.807) is 18.3 Å². The predicted octanol–water partition coefficient (Wildman–Crippen LogP) is 2.11. The van der Waals surface area contributed by atoms with Gasteiger partial charge in [-0.15, -0.1) is 18.3 Å². The Morgan fingerprint density at radius 1 is 1.09 bits per heavy atom. The first-order valence-electron chi connectivity index (χ1n) is 10.6. The number of nitrogens with zero attached hydrogens (tertiary/aromatic N) is 4. The molecule has 0 saturated heterocycles. The molecule has 3 rings (SSSR count). The highest BCUT2D eigenvalue weighted by Crippen LogP contribution is 2.23. The standard InChI is InChI=1S/C22H23F3N6O4/c1-26-20(33)16-7-10-30(19(32)12-16)8-2-3-9-31-14-18(28-29-31)21(34)27-13-15-5-4-6-17(11-15)35-22(23,24)25/h4-7,10-12,14H,2-3,8-9,13H2,1H3,(H,26,33)(H,27,34). The monoisotopic (exact) mass is 492 g/mol. The van der Waals surface area contributed by atoms with Gasteiger partial charge < -0.3 is 19.9 Å². The van der Waals surface area contributed by atoms with Gasteiger partial charge in [-0.2, -0.15) is 0 Å². The van der Waals surface area contributed by atoms with Crippen LogP contribution in [0.4, 0.5) is 13.2 Å². The molecular formula is C22H23F3N6O4. The Kier molecular flexibility index (Phi) is 8.23. The Balaban J connectivity index is 1.45. The average Bonchev–Trinajstić information content (AvgIpc) is 3.29. The van der Waals surface area contributed by atoms with Crippen LogP contribution in [0, 0.1) is 0 Å². The molecule has 0 bridgehead atoms. The number of unbranched alkanes of at least 4 members (excludes halogenated alkanes) is 1. The number of ether oxygens (including phenoxy) is 1. The molecule has 0 aliphatic rings. The lowest BCUT2D eigenvalue weighted by Gasteiger charge is -2.10. The molecule has 0 saturated carbocycles. The van der Waals surface area contributed by atoms with Crippen molar-refractivity contribution in [2.75, 3.05) is 7.05 Å². The van der Waals surface area contributed by atoms with E-state index in [0.717, 1.165) is 0 Å². The van der Waals surface area contributed by atoms with Crippen molar-refractivity contribution in [2.45, 2.75) is 38.8 Å². The van der Waals surface area contributed by atoms with Crippen molar-refractivity contribution in [3.8, 4) is 5.75 Å². The number of carbonyl (C=O) groups excluding carboxylic acids is 2. The summed E-state index contributed by atoms with van der Waals surface area (Å²) in [6.07, 6.45) is -0.469. The van der Waals surface area contributed by atoms with Crippen LogP contribution in [0.25, 0.3) is 0 Å². The van der Waals surface area contributed by atoms with E-state index in [2.05, 4.69) is 25.7 Å². The first-order valence-corrected chi connectivity index (χ1v) is 10.6. The van der Waals surface area contributed by atoms with Gasteiger partial charge in [0.25, 0.3) is 17.4 Å². The molecule has 0 spiro atoms. The van der Waals surface area contributed by atoms with Crippen LogP contribution >= 0.6 is 0 Å². The molecule has 3 aromatic rings. The summed E-state index contributed by atoms with van der Waals surface area (Å²) in [6.45, 7) is 0.891. The molecule has 0 radical (unpaired) electrons. The molecule has 186 valence electrons. The number of hydrogen-bond donors (Lipinski definition) is 2. The van der Waals surface area contributed by atoms with Gasteiger partial charge in [-0.3, -0.25) is 19.1 Å². The SMILES string of the molecule is CNC(=O)c1ccn(CCCCn2cc(C(=O)NCc3cccc(OC(F)(F)F)c3)nn2)c(=O)c1. The van der Waals surface area contributed by atoms with E-state index in [4.69, 9.17) is 0 Å². The fourth-order valence-electron chi connectivity index (χ4n) is 3.17. The van der Waals surface area contributed by atoms with Crippen LogP contribution in [0.3, 0.4) is 0 Å². The highest BCUT2D eigenvalue weighted by molar-refractivity contribution is 5.93. The quantitative estimate of drug-likeness (QED) is 0.419. The zero-order valence-electron chi connectivity index (χ0n) is 18.7. The summed E-state index contributed by atoms with van der Waals surface area (Å²) in [6, 6.07) is 8.15. The van der Waals surface area contributed by atoms with E-state index in [1.807, 2.05) is 0 Å². The number of alkyl halides is 3. The minimum atomic E-state index is -4.80. The van der Waals surface area contributed by atoms with Crippen molar-refractivity contribution in [1.82, 2.24) is 30.2 Å². The lowest BCUT2D eigenvalue weighted by molar-refractivity contribution is -0.274. The topological polar surface area (TPSA) is 120 Å². The van der Waals surface area contributed by atoms with E-state index < -0.39 is 12.3 Å². The zero-order chi connectivity index (χ0) is 25.4. The molecular weight excluding hydrogens is 469 g/mol. The maximum absolute atomic E-state index is 12.3. The molecule has 0 atom stereocenters. The molecule has 1 aromatic carbocycles. The van der Waals surface area contributed by atoms with E-state index in [9.17, 15) is 27.6 Å². The third kappa shape index (κ3) is 7.69. The van der Waals surface area contributed by atoms with Crippen LogP contribution < -0.4 is 20.9 Å². The second-order valence-electron chi connectivity index (χ2n) is 7.48. The molecule has 2 heterocycles. The second-order valence-corrected chi connectivity index (χ2v) is 7.48. The summed E-state index contributed by atoms with van der Waals surface area (Å²) in [5.41, 5.74) is 0.505. The largest absolute Gasteiger partial charge is 0.573 e. The number of hydrogen-bond acceptors (Lipinski definition) is 6. The molecule has 0 fully saturated rings. The number of pyridine rings is 1. The molecule has 13 heteroatoms. The van der Waals surface area contributed by atoms with Gasteiger partial charge in [0.05, 0.1) is 6.20 Å². The van der Waals surface area contributed by atoms with Crippen LogP contribution in [0.1, 0.15) is 39.3 Å². The second kappa shape index (κ2) is 11.3. The third-order valence-corrected chi connectivity index (χ3v) is 4.88. The number of rotatable bonds is 10. The number of benzene rings is 1. The highest BCUT2D eigenvalue weighted by Gasteiger charge is 2.31. The van der Waals surface area contributed by atoms with Crippen LogP contribution in [0.2, 0.25) is 0 Å². The highest BCUT2D eigenvalue weighted by atomic mass is 19.4. The smallest absolute Gasteiger partial charge is 0.406 e. The first kappa shape index (κ1) is 25.5. The number of nitrogens with one attached hydrogen (secondary N) is 2. The summed E-state index contributed by atoms with van der Waals surface area (Å²) in [7, 11) is 1.49. The minimum absolute atomic E-state index is 0.0196. The van der Waals surface area contributed by atoms with Crippen LogP contribution in [0.5, 0.6) is 5.75 Å². The Morgan fingerprint density at radius 2 is 1.86 bits per heavy atom. The van der Waals surface area contributed by atoms with Crippen LogP contribution in [-0.2, 0) is 19.6 Å². The van der Waals surface area contributed by atoms with E-state index in [-0.39, 0.29) is 29.5 Å². The Morgan fingerprint density at radius 3 is 2.57 bits per heavy atom. The van der Waals surface area contributed by atoms with Gasteiger partial charge in [-0.1, -0.05) is 17.3 Å². The maximum Gasteiger partial charge on any atom is 0.573 e. The van der Waals surface area contributed by atoms with Gasteiger partial charge in [0.1, 0.15) is 5.75 Å². The normalized spacial score (nSPS) is 11.2. The summed E-state index contributed by atoms with van der Waals surface area (Å²) in [4.78, 5) is 36.0. The van der Waals surface area contributed by atoms with Crippen molar-refractivity contribution in [1.29, 1.82) is 0 Å². The number of halogens is 3. The number of aromatic nitrogens is 4. The summed E-state index contributed by atoms with van der Waals surface area (Å²) in [5.74, 6) is -1.23. The Bertz CT molecular complexity index is 1240. The van der Waals surface area contributed by atoms with Gasteiger partial charge in [-0.05, 0) is 36.6 Å². The summed E-state index contributed by atoms with van der Waals surface area (Å²) >= 11 is 0. The van der Waals surface area contributed by atoms with E-state index in [0.29, 0.717) is 37.1 Å². The van der Waals surface area contributed by atoms with Crippen molar-refractivity contribution in [3.05, 3.63) is 76.0 Å². The number of aryl methyl sites for hydroxylation is 2. The number of amides is 2. The molecule has 35 heavy (non-hydrogen) atoms. The molecule has 0 unspecified atom stereocenters. The van der Waals surface area contributed by atoms with Gasteiger partial charge >= 0.3 is 6.36 Å². The summed E-state index contributed by atoms with van der Waals surface area (Å²) in [5, 5.41) is 12.7. The van der Waals surface area contributed by atoms with E-state index >= 15 is 0 Å². The van der Waals surface area contributed by atoms with E-state index in [1.165, 1.54) is 46.8 Å². The zero-order valence-corrected chi connectivity index (χ0v) is 18.7. The molecule has 2 amide bonds. The van der Waals surface area contributed by atoms with Crippen LogP contribution in [-0.4, -0.2) is 44.8 Å². The molecule has 0 aliphatic heterocycles. The van der Waals surface area contributed by atoms with Gasteiger partial charge in [0.2, 0.25) is 0 Å². The van der Waals surface area contributed by atoms with Crippen LogP contribution in [0.15, 0.2) is 53.6 Å². The fraction of sp³-hybridized carbons (Fsp3) is 0.318. The first-order chi connectivity index (χ1) is 16.6. The lowest BCUT2D eigenvalue weighted by atomic mass is 10.2. The van der Waals surface area contributed by atoms with Gasteiger partial charge in [0.15, 0.2) is 5.69 Å². The van der Waals surface area contributed by atoms with Crippen molar-refractivity contribution < 1.29 is 27.5 Å². The Labute approximate surface area is 197 Å². The Hall–Kier alpha value is -4.16. The molecule has 10 nitrogen and oxygen atoms in total. The summed E-state index contributed by atoms with van der Waals surface area (Å²) < 4.78 is 43.9. The van der Waals surface area contributed by atoms with Crippen molar-refractivity contribution >= 4 is 11.8 Å². The molecule has 0 aliphatic carbocycles. The van der Waals surface area contributed by atoms with Crippen molar-refractivity contribution in [3.63, 3.8) is 0 Å². The average molecular weight is 492 g/mol. The molecule has 2 N–H and O–H groups in total. The van der Waals surface area contributed by atoms with Crippen molar-refractivity contribution in [2.24, 2.45) is 0 Å². The number of carbonyl (C=O) groups is 2.